The molecule has 1 aromatic rings. The van der Waals surface area contributed by atoms with Gasteiger partial charge in [0.05, 0.1) is 11.7 Å². The van der Waals surface area contributed by atoms with Crippen LogP contribution in [0, 0.1) is 17.8 Å². The number of nitrogens with one attached hydrogen (secondary N) is 1. The molecule has 212 valence electrons. The minimum absolute atomic E-state index is 0.0247. The number of ether oxygens (including phenoxy) is 3. The molecule has 4 rings (SSSR count). The molecule has 2 heterocycles. The van der Waals surface area contributed by atoms with Crippen molar-refractivity contribution < 1.29 is 23.8 Å². The second-order valence-electron chi connectivity index (χ2n) is 11.6. The minimum Gasteiger partial charge on any atom is -0.491 e. The number of methoxy groups -OCH3 is 1. The van der Waals surface area contributed by atoms with Gasteiger partial charge in [0.25, 0.3) is 5.91 Å². The standard InChI is InChI=1S/C30H47N3O5/c1-21-17-33(18-23-8-6-5-7-9-23)22(2)20-38-27-11-10-25(31-29(34)24-12-14-37-15-13-24)16-26(27)30(35)32(3)19-28(21)36-4/h10-11,16,21-24,28H,5-9,12-15,17-20H2,1-4H3,(H,31,34)/t21-,22-,28-/m1/s1. The zero-order valence-corrected chi connectivity index (χ0v) is 23.7. The molecule has 1 aliphatic carbocycles. The van der Waals surface area contributed by atoms with Crippen molar-refractivity contribution in [2.24, 2.45) is 17.8 Å². The Hall–Kier alpha value is -2.16. The summed E-state index contributed by atoms with van der Waals surface area (Å²) in [4.78, 5) is 30.7. The van der Waals surface area contributed by atoms with Gasteiger partial charge in [-0.25, -0.2) is 0 Å². The average Bonchev–Trinajstić information content (AvgIpc) is 2.94. The van der Waals surface area contributed by atoms with Crippen molar-refractivity contribution in [3.63, 3.8) is 0 Å². The lowest BCUT2D eigenvalue weighted by Gasteiger charge is -2.38. The molecule has 0 unspecified atom stereocenters. The van der Waals surface area contributed by atoms with Gasteiger partial charge in [-0.1, -0.05) is 26.2 Å². The van der Waals surface area contributed by atoms with Crippen molar-refractivity contribution in [2.45, 2.75) is 70.9 Å². The van der Waals surface area contributed by atoms with E-state index in [0.717, 1.165) is 19.0 Å². The van der Waals surface area contributed by atoms with Crippen LogP contribution in [0.4, 0.5) is 5.69 Å². The number of anilines is 1. The van der Waals surface area contributed by atoms with E-state index in [4.69, 9.17) is 14.2 Å². The summed E-state index contributed by atoms with van der Waals surface area (Å²) in [5, 5.41) is 3.02. The number of hydrogen-bond donors (Lipinski definition) is 1. The molecule has 0 radical (unpaired) electrons. The van der Waals surface area contributed by atoms with E-state index in [1.54, 1.807) is 18.1 Å². The van der Waals surface area contributed by atoms with Crippen molar-refractivity contribution in [1.82, 2.24) is 9.80 Å². The van der Waals surface area contributed by atoms with Crippen molar-refractivity contribution in [3.8, 4) is 5.75 Å². The molecule has 8 heteroatoms. The molecule has 1 saturated heterocycles. The van der Waals surface area contributed by atoms with Gasteiger partial charge in [0.15, 0.2) is 0 Å². The van der Waals surface area contributed by atoms with E-state index in [1.807, 2.05) is 19.2 Å². The number of amides is 2. The van der Waals surface area contributed by atoms with E-state index in [9.17, 15) is 9.59 Å². The van der Waals surface area contributed by atoms with Crippen molar-refractivity contribution in [1.29, 1.82) is 0 Å². The molecule has 1 N–H and O–H groups in total. The summed E-state index contributed by atoms with van der Waals surface area (Å²) in [5.41, 5.74) is 1.08. The molecule has 0 spiro atoms. The summed E-state index contributed by atoms with van der Waals surface area (Å²) < 4.78 is 17.6. The average molecular weight is 530 g/mol. The molecule has 3 aliphatic rings. The maximum Gasteiger partial charge on any atom is 0.257 e. The quantitative estimate of drug-likeness (QED) is 0.608. The fourth-order valence-electron chi connectivity index (χ4n) is 6.09. The summed E-state index contributed by atoms with van der Waals surface area (Å²) >= 11 is 0. The minimum atomic E-state index is -0.135. The fraction of sp³-hybridized carbons (Fsp3) is 0.733. The Morgan fingerprint density at radius 1 is 1.08 bits per heavy atom. The number of hydrogen-bond acceptors (Lipinski definition) is 6. The Morgan fingerprint density at radius 3 is 2.53 bits per heavy atom. The Kier molecular flexibility index (Phi) is 10.4. The molecule has 38 heavy (non-hydrogen) atoms. The molecular formula is C30H47N3O5. The Bertz CT molecular complexity index is 928. The fourth-order valence-corrected chi connectivity index (χ4v) is 6.09. The van der Waals surface area contributed by atoms with Gasteiger partial charge < -0.3 is 24.4 Å². The van der Waals surface area contributed by atoms with Crippen LogP contribution >= 0.6 is 0 Å². The first kappa shape index (κ1) is 28.8. The first-order chi connectivity index (χ1) is 18.4. The van der Waals surface area contributed by atoms with Crippen LogP contribution in [0.5, 0.6) is 5.75 Å². The zero-order valence-electron chi connectivity index (χ0n) is 23.7. The number of fused-ring (bicyclic) bond motifs is 1. The third kappa shape index (κ3) is 7.48. The smallest absolute Gasteiger partial charge is 0.257 e. The summed E-state index contributed by atoms with van der Waals surface area (Å²) in [5.74, 6) is 1.31. The Morgan fingerprint density at radius 2 is 1.82 bits per heavy atom. The zero-order chi connectivity index (χ0) is 27.1. The molecule has 0 bridgehead atoms. The van der Waals surface area contributed by atoms with Crippen molar-refractivity contribution in [3.05, 3.63) is 23.8 Å². The first-order valence-corrected chi connectivity index (χ1v) is 14.5. The second kappa shape index (κ2) is 13.8. The molecule has 1 aromatic carbocycles. The second-order valence-corrected chi connectivity index (χ2v) is 11.6. The highest BCUT2D eigenvalue weighted by Crippen LogP contribution is 2.29. The predicted octanol–water partition coefficient (Wildman–Crippen LogP) is 4.44. The largest absolute Gasteiger partial charge is 0.491 e. The molecule has 2 fully saturated rings. The van der Waals surface area contributed by atoms with Crippen LogP contribution in [0.1, 0.15) is 69.2 Å². The predicted molar refractivity (Wildman–Crippen MR) is 149 cm³/mol. The van der Waals surface area contributed by atoms with Crippen molar-refractivity contribution >= 4 is 17.5 Å². The van der Waals surface area contributed by atoms with E-state index in [1.165, 1.54) is 32.1 Å². The number of rotatable bonds is 5. The van der Waals surface area contributed by atoms with Gasteiger partial charge >= 0.3 is 0 Å². The monoisotopic (exact) mass is 529 g/mol. The van der Waals surface area contributed by atoms with Gasteiger partial charge in [-0.15, -0.1) is 0 Å². The molecule has 1 saturated carbocycles. The number of nitrogens with zero attached hydrogens (tertiary/aromatic N) is 2. The number of likely N-dealkylation sites (N-methyl/N-ethyl adjacent to an activating group) is 1. The summed E-state index contributed by atoms with van der Waals surface area (Å²) in [7, 11) is 3.55. The van der Waals surface area contributed by atoms with E-state index in [-0.39, 0.29) is 35.8 Å². The van der Waals surface area contributed by atoms with Crippen LogP contribution in [0.15, 0.2) is 18.2 Å². The van der Waals surface area contributed by atoms with Crippen LogP contribution in [-0.4, -0.2) is 87.4 Å². The summed E-state index contributed by atoms with van der Waals surface area (Å²) in [6, 6.07) is 5.61. The van der Waals surface area contributed by atoms with E-state index < -0.39 is 0 Å². The first-order valence-electron chi connectivity index (χ1n) is 14.5. The maximum absolute atomic E-state index is 13.6. The Labute approximate surface area is 228 Å². The van der Waals surface area contributed by atoms with Gasteiger partial charge in [0.2, 0.25) is 5.91 Å². The normalized spacial score (nSPS) is 27.1. The molecule has 2 aliphatic heterocycles. The molecule has 2 amide bonds. The molecule has 3 atom stereocenters. The van der Waals surface area contributed by atoms with Crippen LogP contribution in [-0.2, 0) is 14.3 Å². The highest BCUT2D eigenvalue weighted by Gasteiger charge is 2.30. The topological polar surface area (TPSA) is 80.3 Å². The van der Waals surface area contributed by atoms with E-state index in [2.05, 4.69) is 24.1 Å². The van der Waals surface area contributed by atoms with Crippen LogP contribution in [0.2, 0.25) is 0 Å². The highest BCUT2D eigenvalue weighted by molar-refractivity contribution is 5.99. The number of carbonyl (C=O) groups excluding carboxylic acids is 2. The lowest BCUT2D eigenvalue weighted by molar-refractivity contribution is -0.122. The lowest BCUT2D eigenvalue weighted by Crippen LogP contribution is -2.48. The highest BCUT2D eigenvalue weighted by atomic mass is 16.5. The van der Waals surface area contributed by atoms with Crippen LogP contribution < -0.4 is 10.1 Å². The Balaban J connectivity index is 1.56. The molecule has 0 aromatic heterocycles. The number of carbonyl (C=O) groups is 2. The van der Waals surface area contributed by atoms with Gasteiger partial charge in [-0.05, 0) is 62.6 Å². The summed E-state index contributed by atoms with van der Waals surface area (Å²) in [6.07, 6.45) is 7.96. The molecular weight excluding hydrogens is 482 g/mol. The third-order valence-electron chi connectivity index (χ3n) is 8.65. The van der Waals surface area contributed by atoms with Gasteiger partial charge in [-0.3, -0.25) is 14.5 Å². The molecule has 8 nitrogen and oxygen atoms in total. The van der Waals surface area contributed by atoms with E-state index in [0.29, 0.717) is 56.2 Å². The van der Waals surface area contributed by atoms with Crippen LogP contribution in [0.25, 0.3) is 0 Å². The third-order valence-corrected chi connectivity index (χ3v) is 8.65. The van der Waals surface area contributed by atoms with Crippen molar-refractivity contribution in [2.75, 3.05) is 58.9 Å². The van der Waals surface area contributed by atoms with E-state index >= 15 is 0 Å². The van der Waals surface area contributed by atoms with Gasteiger partial charge in [0.1, 0.15) is 12.4 Å². The number of benzene rings is 1. The SMILES string of the molecule is CO[C@@H]1CN(C)C(=O)c2cc(NC(=O)C3CCOCC3)ccc2OC[C@@H](C)N(CC2CCCCC2)C[C@H]1C. The van der Waals surface area contributed by atoms with Crippen LogP contribution in [0.3, 0.4) is 0 Å². The van der Waals surface area contributed by atoms with Gasteiger partial charge in [-0.2, -0.15) is 0 Å². The van der Waals surface area contributed by atoms with Gasteiger partial charge in [0, 0.05) is 64.7 Å². The maximum atomic E-state index is 13.6. The summed E-state index contributed by atoms with van der Waals surface area (Å²) in [6.45, 7) is 8.62. The lowest BCUT2D eigenvalue weighted by atomic mass is 9.88.